The molecule has 0 fully saturated rings. The van der Waals surface area contributed by atoms with Crippen LogP contribution in [0.5, 0.6) is 0 Å². The smallest absolute Gasteiger partial charge is 0.251 e. The maximum atomic E-state index is 12.5. The van der Waals surface area contributed by atoms with Gasteiger partial charge < -0.3 is 11.1 Å². The van der Waals surface area contributed by atoms with Gasteiger partial charge in [0.2, 0.25) is 5.91 Å². The molecule has 2 aromatic rings. The summed E-state index contributed by atoms with van der Waals surface area (Å²) in [4.78, 5) is 25.0. The van der Waals surface area contributed by atoms with Crippen LogP contribution in [0.3, 0.4) is 0 Å². The molecule has 2 amide bonds. The average molecular weight is 377 g/mol. The fraction of sp³-hybridized carbons (Fsp3) is 0.368. The fourth-order valence-electron chi connectivity index (χ4n) is 2.25. The molecule has 0 spiro atoms. The largest absolute Gasteiger partial charge is 0.366 e. The van der Waals surface area contributed by atoms with Crippen LogP contribution in [0.2, 0.25) is 0 Å². The first-order valence-corrected chi connectivity index (χ1v) is 9.81. The lowest BCUT2D eigenvalue weighted by Gasteiger charge is -2.21. The Hall–Kier alpha value is -1.79. The molecule has 0 saturated carbocycles. The lowest BCUT2D eigenvalue weighted by atomic mass is 9.87. The SMILES string of the molecule is Cc1ccc(C(C)(C)C)cc1S[C@@H](C)C(=O)Nc1sccc1C(N)=O. The molecule has 0 aliphatic heterocycles. The predicted octanol–water partition coefficient (Wildman–Crippen LogP) is 4.57. The second-order valence-electron chi connectivity index (χ2n) is 7.01. The van der Waals surface area contributed by atoms with Crippen LogP contribution in [0, 0.1) is 6.92 Å². The molecule has 3 N–H and O–H groups in total. The Bertz CT molecular complexity index is 791. The van der Waals surface area contributed by atoms with Gasteiger partial charge in [0.05, 0.1) is 10.8 Å². The molecule has 134 valence electrons. The number of nitrogens with two attached hydrogens (primary N) is 1. The summed E-state index contributed by atoms with van der Waals surface area (Å²) in [7, 11) is 0. The molecule has 0 saturated heterocycles. The predicted molar refractivity (Wildman–Crippen MR) is 107 cm³/mol. The Labute approximate surface area is 157 Å². The van der Waals surface area contributed by atoms with E-state index in [1.165, 1.54) is 28.7 Å². The van der Waals surface area contributed by atoms with Crippen LogP contribution in [-0.2, 0) is 10.2 Å². The molecular formula is C19H24N2O2S2. The van der Waals surface area contributed by atoms with Crippen molar-refractivity contribution in [1.82, 2.24) is 0 Å². The van der Waals surface area contributed by atoms with Gasteiger partial charge in [0, 0.05) is 4.90 Å². The normalized spacial score (nSPS) is 12.7. The summed E-state index contributed by atoms with van der Waals surface area (Å²) in [5, 5.41) is 4.76. The quantitative estimate of drug-likeness (QED) is 0.751. The number of carbonyl (C=O) groups excluding carboxylic acids is 2. The molecule has 1 heterocycles. The summed E-state index contributed by atoms with van der Waals surface area (Å²) < 4.78 is 0. The number of benzene rings is 1. The first kappa shape index (κ1) is 19.5. The summed E-state index contributed by atoms with van der Waals surface area (Å²) in [6, 6.07) is 8.01. The van der Waals surface area contributed by atoms with E-state index in [1.807, 2.05) is 13.8 Å². The second-order valence-corrected chi connectivity index (χ2v) is 9.31. The molecule has 0 unspecified atom stereocenters. The molecule has 0 radical (unpaired) electrons. The first-order valence-electron chi connectivity index (χ1n) is 8.05. The summed E-state index contributed by atoms with van der Waals surface area (Å²) >= 11 is 2.82. The number of thiophene rings is 1. The Morgan fingerprint density at radius 3 is 2.52 bits per heavy atom. The molecule has 0 aliphatic rings. The van der Waals surface area contributed by atoms with E-state index in [2.05, 4.69) is 44.3 Å². The molecule has 0 aliphatic carbocycles. The fourth-order valence-corrected chi connectivity index (χ4v) is 4.04. The van der Waals surface area contributed by atoms with Gasteiger partial charge in [-0.05, 0) is 47.9 Å². The van der Waals surface area contributed by atoms with E-state index in [4.69, 9.17) is 5.73 Å². The molecular weight excluding hydrogens is 352 g/mol. The standard InChI is InChI=1S/C19H24N2O2S2/c1-11-6-7-13(19(3,4)5)10-15(11)25-12(2)17(23)21-18-14(16(20)22)8-9-24-18/h6-10,12H,1-5H3,(H2,20,22)(H,21,23)/t12-/m0/s1. The second kappa shape index (κ2) is 7.62. The van der Waals surface area contributed by atoms with E-state index in [-0.39, 0.29) is 16.6 Å². The van der Waals surface area contributed by atoms with Gasteiger partial charge in [-0.3, -0.25) is 9.59 Å². The molecule has 6 heteroatoms. The summed E-state index contributed by atoms with van der Waals surface area (Å²) in [5.74, 6) is -0.680. The number of primary amides is 1. The highest BCUT2D eigenvalue weighted by Crippen LogP contribution is 2.32. The number of rotatable bonds is 5. The van der Waals surface area contributed by atoms with Gasteiger partial charge in [-0.1, -0.05) is 32.9 Å². The van der Waals surface area contributed by atoms with E-state index < -0.39 is 5.91 Å². The summed E-state index contributed by atoms with van der Waals surface area (Å²) in [6.07, 6.45) is 0. The van der Waals surface area contributed by atoms with Crippen molar-refractivity contribution in [3.8, 4) is 0 Å². The van der Waals surface area contributed by atoms with Gasteiger partial charge in [0.15, 0.2) is 0 Å². The Morgan fingerprint density at radius 2 is 1.92 bits per heavy atom. The van der Waals surface area contributed by atoms with Crippen LogP contribution in [0.1, 0.15) is 49.2 Å². The lowest BCUT2D eigenvalue weighted by Crippen LogP contribution is -2.23. The summed E-state index contributed by atoms with van der Waals surface area (Å²) in [6.45, 7) is 10.4. The summed E-state index contributed by atoms with van der Waals surface area (Å²) in [5.41, 5.74) is 8.11. The zero-order valence-corrected chi connectivity index (χ0v) is 16.8. The van der Waals surface area contributed by atoms with Crippen molar-refractivity contribution in [2.45, 2.75) is 50.2 Å². The minimum atomic E-state index is -0.537. The minimum absolute atomic E-state index is 0.0574. The van der Waals surface area contributed by atoms with E-state index in [0.717, 1.165) is 10.5 Å². The number of nitrogens with one attached hydrogen (secondary N) is 1. The van der Waals surface area contributed by atoms with Gasteiger partial charge >= 0.3 is 0 Å². The molecule has 4 nitrogen and oxygen atoms in total. The molecule has 1 atom stereocenters. The highest BCUT2D eigenvalue weighted by Gasteiger charge is 2.20. The lowest BCUT2D eigenvalue weighted by molar-refractivity contribution is -0.115. The number of carbonyl (C=O) groups is 2. The van der Waals surface area contributed by atoms with Crippen LogP contribution < -0.4 is 11.1 Å². The van der Waals surface area contributed by atoms with Crippen molar-refractivity contribution in [1.29, 1.82) is 0 Å². The highest BCUT2D eigenvalue weighted by atomic mass is 32.2. The van der Waals surface area contributed by atoms with Gasteiger partial charge in [-0.25, -0.2) is 0 Å². The van der Waals surface area contributed by atoms with Crippen LogP contribution in [-0.4, -0.2) is 17.1 Å². The first-order chi connectivity index (χ1) is 11.6. The van der Waals surface area contributed by atoms with E-state index in [9.17, 15) is 9.59 Å². The number of aryl methyl sites for hydroxylation is 1. The monoisotopic (exact) mass is 376 g/mol. The van der Waals surface area contributed by atoms with E-state index in [0.29, 0.717) is 10.6 Å². The zero-order valence-electron chi connectivity index (χ0n) is 15.2. The van der Waals surface area contributed by atoms with Gasteiger partial charge in [-0.2, -0.15) is 0 Å². The van der Waals surface area contributed by atoms with Gasteiger partial charge in [0.1, 0.15) is 5.00 Å². The van der Waals surface area contributed by atoms with Crippen molar-refractivity contribution in [3.05, 3.63) is 46.3 Å². The van der Waals surface area contributed by atoms with Crippen molar-refractivity contribution in [3.63, 3.8) is 0 Å². The van der Waals surface area contributed by atoms with Crippen molar-refractivity contribution in [2.75, 3.05) is 5.32 Å². The number of amides is 2. The highest BCUT2D eigenvalue weighted by molar-refractivity contribution is 8.00. The number of hydrogen-bond acceptors (Lipinski definition) is 4. The Morgan fingerprint density at radius 1 is 1.24 bits per heavy atom. The van der Waals surface area contributed by atoms with E-state index in [1.54, 1.807) is 11.4 Å². The van der Waals surface area contributed by atoms with E-state index >= 15 is 0 Å². The zero-order chi connectivity index (χ0) is 18.8. The van der Waals surface area contributed by atoms with Gasteiger partial charge in [-0.15, -0.1) is 23.1 Å². The maximum Gasteiger partial charge on any atom is 0.251 e. The van der Waals surface area contributed by atoms with Crippen LogP contribution in [0.15, 0.2) is 34.5 Å². The topological polar surface area (TPSA) is 72.2 Å². The third-order valence-electron chi connectivity index (χ3n) is 3.89. The Kier molecular flexibility index (Phi) is 5.95. The number of thioether (sulfide) groups is 1. The maximum absolute atomic E-state index is 12.5. The molecule has 1 aromatic carbocycles. The van der Waals surface area contributed by atoms with Crippen LogP contribution in [0.4, 0.5) is 5.00 Å². The number of anilines is 1. The number of hydrogen-bond donors (Lipinski definition) is 2. The van der Waals surface area contributed by atoms with Crippen molar-refractivity contribution in [2.24, 2.45) is 5.73 Å². The Balaban J connectivity index is 2.13. The van der Waals surface area contributed by atoms with Crippen LogP contribution >= 0.6 is 23.1 Å². The molecule has 25 heavy (non-hydrogen) atoms. The third-order valence-corrected chi connectivity index (χ3v) is 5.99. The van der Waals surface area contributed by atoms with Crippen molar-refractivity contribution >= 4 is 39.9 Å². The average Bonchev–Trinajstić information content (AvgIpc) is 2.96. The molecule has 2 rings (SSSR count). The van der Waals surface area contributed by atoms with Crippen molar-refractivity contribution < 1.29 is 9.59 Å². The third kappa shape index (κ3) is 4.86. The van der Waals surface area contributed by atoms with Crippen LogP contribution in [0.25, 0.3) is 0 Å². The molecule has 0 bridgehead atoms. The molecule has 1 aromatic heterocycles. The van der Waals surface area contributed by atoms with Gasteiger partial charge in [0.25, 0.3) is 5.91 Å². The minimum Gasteiger partial charge on any atom is -0.366 e.